The lowest BCUT2D eigenvalue weighted by Gasteiger charge is -2.05. The lowest BCUT2D eigenvalue weighted by molar-refractivity contribution is 0.102. The number of carbonyl (C=O) groups is 1. The van der Waals surface area contributed by atoms with E-state index in [1.165, 1.54) is 0 Å². The van der Waals surface area contributed by atoms with Crippen LogP contribution in [0.3, 0.4) is 0 Å². The normalized spacial score (nSPS) is 10.3. The monoisotopic (exact) mass is 293 g/mol. The van der Waals surface area contributed by atoms with Crippen LogP contribution in [0, 0.1) is 13.8 Å². The Morgan fingerprint density at radius 2 is 2.12 bits per heavy atom. The van der Waals surface area contributed by atoms with E-state index in [1.807, 2.05) is 26.0 Å². The second kappa shape index (κ2) is 4.71. The van der Waals surface area contributed by atoms with Gasteiger partial charge in [0.2, 0.25) is 0 Å². The molecule has 0 saturated carbocycles. The number of hydrogen-bond donors (Lipinski definition) is 2. The topological polar surface area (TPSA) is 57.8 Å². The third-order valence-corrected chi connectivity index (χ3v) is 2.83. The van der Waals surface area contributed by atoms with Crippen LogP contribution in [-0.4, -0.2) is 16.1 Å². The highest BCUT2D eigenvalue weighted by atomic mass is 79.9. The number of nitrogens with one attached hydrogen (secondary N) is 2. The van der Waals surface area contributed by atoms with E-state index in [4.69, 9.17) is 0 Å². The van der Waals surface area contributed by atoms with Crippen LogP contribution in [0.4, 0.5) is 5.82 Å². The summed E-state index contributed by atoms with van der Waals surface area (Å²) in [6, 6.07) is 5.58. The number of carbonyl (C=O) groups excluding carboxylic acids is 1. The molecule has 2 rings (SSSR count). The number of H-pyrrole nitrogens is 1. The molecular weight excluding hydrogens is 282 g/mol. The van der Waals surface area contributed by atoms with Crippen LogP contribution in [0.15, 0.2) is 28.9 Å². The molecule has 0 saturated heterocycles. The first-order valence-corrected chi connectivity index (χ1v) is 5.94. The molecule has 1 amide bonds. The molecule has 0 radical (unpaired) electrons. The van der Waals surface area contributed by atoms with Crippen molar-refractivity contribution in [3.8, 4) is 0 Å². The van der Waals surface area contributed by atoms with Gasteiger partial charge in [-0.1, -0.05) is 15.9 Å². The van der Waals surface area contributed by atoms with Gasteiger partial charge in [-0.2, -0.15) is 5.10 Å². The van der Waals surface area contributed by atoms with E-state index in [-0.39, 0.29) is 5.91 Å². The summed E-state index contributed by atoms with van der Waals surface area (Å²) >= 11 is 3.37. The molecule has 0 atom stereocenters. The summed E-state index contributed by atoms with van der Waals surface area (Å²) < 4.78 is 0.893. The van der Waals surface area contributed by atoms with E-state index in [9.17, 15) is 4.79 Å². The van der Waals surface area contributed by atoms with E-state index >= 15 is 0 Å². The van der Waals surface area contributed by atoms with Crippen molar-refractivity contribution in [3.63, 3.8) is 0 Å². The number of aryl methyl sites for hydroxylation is 2. The van der Waals surface area contributed by atoms with Crippen molar-refractivity contribution in [2.75, 3.05) is 5.32 Å². The second-order valence-electron chi connectivity index (χ2n) is 3.90. The number of benzene rings is 1. The summed E-state index contributed by atoms with van der Waals surface area (Å²) in [6.07, 6.45) is 1.67. The molecule has 0 unspecified atom stereocenters. The van der Waals surface area contributed by atoms with E-state index < -0.39 is 0 Å². The Kier molecular flexibility index (Phi) is 3.28. The first kappa shape index (κ1) is 11.9. The SMILES string of the molecule is Cc1cc(Br)cc(C(=O)Nc2[nH]ncc2C)c1. The number of hydrogen-bond acceptors (Lipinski definition) is 2. The largest absolute Gasteiger partial charge is 0.307 e. The summed E-state index contributed by atoms with van der Waals surface area (Å²) in [6.45, 7) is 3.83. The Morgan fingerprint density at radius 3 is 2.71 bits per heavy atom. The van der Waals surface area contributed by atoms with Crippen LogP contribution in [-0.2, 0) is 0 Å². The van der Waals surface area contributed by atoms with Gasteiger partial charge in [-0.25, -0.2) is 0 Å². The fraction of sp³-hybridized carbons (Fsp3) is 0.167. The van der Waals surface area contributed by atoms with Gasteiger partial charge in [-0.05, 0) is 37.6 Å². The predicted molar refractivity (Wildman–Crippen MR) is 70.2 cm³/mol. The smallest absolute Gasteiger partial charge is 0.256 e. The van der Waals surface area contributed by atoms with Crippen molar-refractivity contribution in [1.29, 1.82) is 0 Å². The Morgan fingerprint density at radius 1 is 1.35 bits per heavy atom. The molecule has 1 heterocycles. The van der Waals surface area contributed by atoms with Crippen LogP contribution in [0.25, 0.3) is 0 Å². The van der Waals surface area contributed by atoms with Crippen molar-refractivity contribution in [1.82, 2.24) is 10.2 Å². The van der Waals surface area contributed by atoms with Crippen molar-refractivity contribution in [2.24, 2.45) is 0 Å². The average molecular weight is 294 g/mol. The summed E-state index contributed by atoms with van der Waals surface area (Å²) in [7, 11) is 0. The summed E-state index contributed by atoms with van der Waals surface area (Å²) in [5.41, 5.74) is 2.56. The molecule has 5 heteroatoms. The van der Waals surface area contributed by atoms with Crippen molar-refractivity contribution in [3.05, 3.63) is 45.6 Å². The number of aromatic nitrogens is 2. The van der Waals surface area contributed by atoms with Gasteiger partial charge in [0.15, 0.2) is 0 Å². The third-order valence-electron chi connectivity index (χ3n) is 2.37. The molecule has 88 valence electrons. The highest BCUT2D eigenvalue weighted by molar-refractivity contribution is 9.10. The quantitative estimate of drug-likeness (QED) is 0.894. The van der Waals surface area contributed by atoms with Crippen LogP contribution < -0.4 is 5.32 Å². The molecule has 4 nitrogen and oxygen atoms in total. The van der Waals surface area contributed by atoms with E-state index in [0.29, 0.717) is 11.4 Å². The zero-order valence-corrected chi connectivity index (χ0v) is 11.1. The number of rotatable bonds is 2. The summed E-state index contributed by atoms with van der Waals surface area (Å²) in [4.78, 5) is 12.0. The van der Waals surface area contributed by atoms with Crippen molar-refractivity contribution >= 4 is 27.7 Å². The van der Waals surface area contributed by atoms with Gasteiger partial charge >= 0.3 is 0 Å². The Balaban J connectivity index is 2.23. The maximum absolute atomic E-state index is 12.0. The van der Waals surface area contributed by atoms with Gasteiger partial charge in [-0.3, -0.25) is 9.89 Å². The first-order chi connectivity index (χ1) is 8.06. The maximum Gasteiger partial charge on any atom is 0.256 e. The van der Waals surface area contributed by atoms with Gasteiger partial charge in [0.1, 0.15) is 5.82 Å². The molecule has 0 aliphatic carbocycles. The minimum atomic E-state index is -0.151. The van der Waals surface area contributed by atoms with E-state index in [2.05, 4.69) is 31.4 Å². The molecule has 0 aliphatic heterocycles. The molecule has 0 fully saturated rings. The average Bonchev–Trinajstić information content (AvgIpc) is 2.63. The summed E-state index contributed by atoms with van der Waals surface area (Å²) in [5.74, 6) is 0.481. The minimum absolute atomic E-state index is 0.151. The van der Waals surface area contributed by atoms with Crippen molar-refractivity contribution in [2.45, 2.75) is 13.8 Å². The number of anilines is 1. The first-order valence-electron chi connectivity index (χ1n) is 5.15. The molecule has 1 aromatic heterocycles. The molecule has 2 aromatic rings. The van der Waals surface area contributed by atoms with Crippen LogP contribution in [0.5, 0.6) is 0 Å². The molecule has 0 aliphatic rings. The molecule has 17 heavy (non-hydrogen) atoms. The number of nitrogens with zero attached hydrogens (tertiary/aromatic N) is 1. The van der Waals surface area contributed by atoms with Crippen LogP contribution in [0.2, 0.25) is 0 Å². The minimum Gasteiger partial charge on any atom is -0.307 e. The van der Waals surface area contributed by atoms with Crippen LogP contribution in [0.1, 0.15) is 21.5 Å². The van der Waals surface area contributed by atoms with Gasteiger partial charge in [0.25, 0.3) is 5.91 Å². The zero-order valence-electron chi connectivity index (χ0n) is 9.54. The second-order valence-corrected chi connectivity index (χ2v) is 4.82. The third kappa shape index (κ3) is 2.74. The van der Waals surface area contributed by atoms with Gasteiger partial charge in [0, 0.05) is 15.6 Å². The lowest BCUT2D eigenvalue weighted by Crippen LogP contribution is -2.13. The Bertz CT molecular complexity index is 542. The zero-order chi connectivity index (χ0) is 12.4. The van der Waals surface area contributed by atoms with Crippen LogP contribution >= 0.6 is 15.9 Å². The maximum atomic E-state index is 12.0. The molecule has 0 spiro atoms. The van der Waals surface area contributed by atoms with Gasteiger partial charge in [0.05, 0.1) is 6.20 Å². The standard InChI is InChI=1S/C12H12BrN3O/c1-7-3-9(5-10(13)4-7)12(17)15-11-8(2)6-14-16-11/h3-6H,1-2H3,(H2,14,15,16,17). The number of amides is 1. The van der Waals surface area contributed by atoms with E-state index in [0.717, 1.165) is 15.6 Å². The van der Waals surface area contributed by atoms with Gasteiger partial charge in [-0.15, -0.1) is 0 Å². The van der Waals surface area contributed by atoms with Gasteiger partial charge < -0.3 is 5.32 Å². The Hall–Kier alpha value is -1.62. The fourth-order valence-electron chi connectivity index (χ4n) is 1.53. The highest BCUT2D eigenvalue weighted by Crippen LogP contribution is 2.17. The number of aromatic amines is 1. The fourth-order valence-corrected chi connectivity index (χ4v) is 2.13. The predicted octanol–water partition coefficient (Wildman–Crippen LogP) is 3.04. The molecular formula is C12H12BrN3O. The van der Waals surface area contributed by atoms with E-state index in [1.54, 1.807) is 12.3 Å². The highest BCUT2D eigenvalue weighted by Gasteiger charge is 2.09. The lowest BCUT2D eigenvalue weighted by atomic mass is 10.1. The van der Waals surface area contributed by atoms with Crippen molar-refractivity contribution < 1.29 is 4.79 Å². The number of halogens is 1. The Labute approximate surface area is 108 Å². The molecule has 1 aromatic carbocycles. The molecule has 0 bridgehead atoms. The summed E-state index contributed by atoms with van der Waals surface area (Å²) in [5, 5.41) is 9.38. The molecule has 2 N–H and O–H groups in total.